The summed E-state index contributed by atoms with van der Waals surface area (Å²) in [6.45, 7) is 7.53. The molecule has 4 aromatic rings. The van der Waals surface area contributed by atoms with E-state index in [2.05, 4.69) is 27.0 Å². The van der Waals surface area contributed by atoms with Gasteiger partial charge in [0.05, 0.1) is 18.3 Å². The molecule has 5 heterocycles. The normalized spacial score (nSPS) is 26.1. The fourth-order valence-corrected chi connectivity index (χ4v) is 6.51. The van der Waals surface area contributed by atoms with Gasteiger partial charge in [0, 0.05) is 11.3 Å². The summed E-state index contributed by atoms with van der Waals surface area (Å²) in [5.41, 5.74) is 3.17. The average Bonchev–Trinajstić information content (AvgIpc) is 3.76. The number of ether oxygens (including phenoxy) is 1. The van der Waals surface area contributed by atoms with E-state index in [9.17, 15) is 15.0 Å². The van der Waals surface area contributed by atoms with Gasteiger partial charge >= 0.3 is 0 Å². The van der Waals surface area contributed by atoms with Gasteiger partial charge in [-0.15, -0.1) is 0 Å². The molecule has 3 aliphatic rings. The van der Waals surface area contributed by atoms with Gasteiger partial charge in [-0.05, 0) is 41.5 Å². The predicted molar refractivity (Wildman–Crippen MR) is 156 cm³/mol. The van der Waals surface area contributed by atoms with Crippen molar-refractivity contribution in [2.24, 2.45) is 11.8 Å². The number of oxazole rings is 2. The minimum atomic E-state index is -1.22. The second-order valence-corrected chi connectivity index (χ2v) is 12.3. The van der Waals surface area contributed by atoms with E-state index in [4.69, 9.17) is 18.6 Å². The third-order valence-electron chi connectivity index (χ3n) is 8.76. The van der Waals surface area contributed by atoms with E-state index in [0.29, 0.717) is 35.3 Å². The molecule has 11 nitrogen and oxygen atoms in total. The Hall–Kier alpha value is -4.19. The van der Waals surface area contributed by atoms with Gasteiger partial charge in [-0.3, -0.25) is 10.1 Å². The summed E-state index contributed by atoms with van der Waals surface area (Å²) < 4.78 is 19.1. The van der Waals surface area contributed by atoms with Crippen molar-refractivity contribution in [1.82, 2.24) is 20.6 Å². The summed E-state index contributed by atoms with van der Waals surface area (Å²) in [7, 11) is 0. The average molecular weight is 586 g/mol. The van der Waals surface area contributed by atoms with Crippen LogP contribution in [0.3, 0.4) is 0 Å². The molecule has 2 aromatic heterocycles. The Balaban J connectivity index is 1.47. The standard InChI is InChI=1S/C32H35N5O6/c1-15(2)24-30-37-25(23-13-33-14-41-23)27(43-30)32-18-7-5-6-8-20(18)35-31(32)42-22-10-9-17(11-19(22)32)12-21(28(39)36-24)34-29(40)26(38)16(3)4/h5-11,13-16,21,24,26,28,31,35-36,38-39H,12H2,1-4H3,(H,34,40)/t21?,24?,26-,28?,31?,32?/m0/s1. The number of para-hydroxylation sites is 1. The van der Waals surface area contributed by atoms with E-state index >= 15 is 0 Å². The van der Waals surface area contributed by atoms with Crippen molar-refractivity contribution in [2.75, 3.05) is 5.32 Å². The molecule has 0 saturated carbocycles. The SMILES string of the molecule is CC(C)C1NC(O)C(NC(=O)[C@@H](O)C(C)C)Cc2ccc3c(c2)C2(c4ccccc4NC2O3)c2oc1nc2-c1cnco1. The Bertz CT molecular complexity index is 1670. The van der Waals surface area contributed by atoms with E-state index in [-0.39, 0.29) is 11.8 Å². The maximum atomic E-state index is 13.0. The highest BCUT2D eigenvalue weighted by Gasteiger charge is 2.61. The first-order chi connectivity index (χ1) is 20.7. The van der Waals surface area contributed by atoms with Crippen LogP contribution in [0.25, 0.3) is 11.5 Å². The molecule has 5 N–H and O–H groups in total. The Morgan fingerprint density at radius 2 is 1.95 bits per heavy atom. The summed E-state index contributed by atoms with van der Waals surface area (Å²) in [4.78, 5) is 22.1. The molecule has 7 rings (SSSR count). The van der Waals surface area contributed by atoms with Gasteiger partial charge in [0.15, 0.2) is 29.8 Å². The van der Waals surface area contributed by atoms with Crippen molar-refractivity contribution in [3.05, 3.63) is 83.4 Å². The molecule has 0 radical (unpaired) electrons. The van der Waals surface area contributed by atoms with Crippen molar-refractivity contribution in [2.45, 2.75) is 70.2 Å². The van der Waals surface area contributed by atoms with Crippen molar-refractivity contribution >= 4 is 11.6 Å². The number of carbonyl (C=O) groups excluding carboxylic acids is 1. The van der Waals surface area contributed by atoms with E-state index < -0.39 is 42.0 Å². The minimum Gasteiger partial charge on any atom is -0.469 e. The van der Waals surface area contributed by atoms with Crippen LogP contribution >= 0.6 is 0 Å². The molecule has 0 fully saturated rings. The molecular weight excluding hydrogens is 550 g/mol. The molecular formula is C32H35N5O6. The van der Waals surface area contributed by atoms with E-state index in [0.717, 1.165) is 22.4 Å². The number of aliphatic hydroxyl groups excluding tert-OH is 2. The van der Waals surface area contributed by atoms with Crippen LogP contribution in [0.2, 0.25) is 0 Å². The Morgan fingerprint density at radius 1 is 1.14 bits per heavy atom. The number of aliphatic hydroxyl groups is 2. The van der Waals surface area contributed by atoms with Gasteiger partial charge in [-0.2, -0.15) is 0 Å². The zero-order valence-electron chi connectivity index (χ0n) is 24.4. The van der Waals surface area contributed by atoms with Gasteiger partial charge in [0.1, 0.15) is 23.5 Å². The number of hydrogen-bond acceptors (Lipinski definition) is 10. The van der Waals surface area contributed by atoms with Gasteiger partial charge in [-0.25, -0.2) is 9.97 Å². The molecule has 1 spiro atoms. The lowest BCUT2D eigenvalue weighted by atomic mass is 9.72. The Labute approximate surface area is 248 Å². The highest BCUT2D eigenvalue weighted by atomic mass is 16.5. The lowest BCUT2D eigenvalue weighted by Crippen LogP contribution is -2.55. The molecule has 4 bridgehead atoms. The summed E-state index contributed by atoms with van der Waals surface area (Å²) in [5.74, 6) is 1.12. The van der Waals surface area contributed by atoms with Gasteiger partial charge < -0.3 is 34.4 Å². The van der Waals surface area contributed by atoms with Crippen molar-refractivity contribution in [3.8, 4) is 17.2 Å². The van der Waals surface area contributed by atoms with E-state index in [1.54, 1.807) is 20.0 Å². The molecule has 1 amide bonds. The fraction of sp³-hybridized carbons (Fsp3) is 0.406. The summed E-state index contributed by atoms with van der Waals surface area (Å²) in [6, 6.07) is 12.6. The molecule has 11 heteroatoms. The first-order valence-corrected chi connectivity index (χ1v) is 14.7. The molecule has 5 unspecified atom stereocenters. The number of fused-ring (bicyclic) bond motifs is 4. The zero-order chi connectivity index (χ0) is 30.0. The molecule has 3 aliphatic heterocycles. The quantitative estimate of drug-likeness (QED) is 0.235. The van der Waals surface area contributed by atoms with Crippen LogP contribution in [0.5, 0.6) is 5.75 Å². The predicted octanol–water partition coefficient (Wildman–Crippen LogP) is 3.47. The Kier molecular flexibility index (Phi) is 6.57. The first kappa shape index (κ1) is 27.6. The highest BCUT2D eigenvalue weighted by molar-refractivity contribution is 5.81. The molecule has 43 heavy (non-hydrogen) atoms. The number of hydrogen-bond donors (Lipinski definition) is 5. The fourth-order valence-electron chi connectivity index (χ4n) is 6.51. The summed E-state index contributed by atoms with van der Waals surface area (Å²) in [5, 5.41) is 31.7. The molecule has 0 saturated heterocycles. The zero-order valence-corrected chi connectivity index (χ0v) is 24.4. The third kappa shape index (κ3) is 4.25. The molecule has 0 aliphatic carbocycles. The van der Waals surface area contributed by atoms with E-state index in [1.165, 1.54) is 6.39 Å². The number of aromatic nitrogens is 2. The van der Waals surface area contributed by atoms with Crippen LogP contribution in [0.15, 0.2) is 63.9 Å². The summed E-state index contributed by atoms with van der Waals surface area (Å²) in [6.07, 6.45) is 0.309. The first-order valence-electron chi connectivity index (χ1n) is 14.7. The smallest absolute Gasteiger partial charge is 0.249 e. The maximum Gasteiger partial charge on any atom is 0.249 e. The second-order valence-electron chi connectivity index (χ2n) is 12.3. The number of benzene rings is 2. The third-order valence-corrected chi connectivity index (χ3v) is 8.76. The van der Waals surface area contributed by atoms with Gasteiger partial charge in [-0.1, -0.05) is 58.0 Å². The van der Waals surface area contributed by atoms with Crippen LogP contribution in [-0.2, 0) is 16.6 Å². The number of carbonyl (C=O) groups is 1. The highest BCUT2D eigenvalue weighted by Crippen LogP contribution is 2.59. The number of nitrogens with zero attached hydrogens (tertiary/aromatic N) is 2. The maximum absolute atomic E-state index is 13.0. The lowest BCUT2D eigenvalue weighted by molar-refractivity contribution is -0.133. The summed E-state index contributed by atoms with van der Waals surface area (Å²) >= 11 is 0. The van der Waals surface area contributed by atoms with Gasteiger partial charge in [0.25, 0.3) is 0 Å². The Morgan fingerprint density at radius 3 is 2.70 bits per heavy atom. The molecule has 224 valence electrons. The lowest BCUT2D eigenvalue weighted by Gasteiger charge is -2.32. The topological polar surface area (TPSA) is 155 Å². The van der Waals surface area contributed by atoms with Gasteiger partial charge in [0.2, 0.25) is 11.8 Å². The number of rotatable bonds is 5. The molecule has 6 atom stereocenters. The van der Waals surface area contributed by atoms with Crippen LogP contribution in [0.1, 0.15) is 62.1 Å². The molecule has 2 aromatic carbocycles. The van der Waals surface area contributed by atoms with E-state index in [1.807, 2.05) is 50.2 Å². The van der Waals surface area contributed by atoms with Crippen molar-refractivity contribution in [3.63, 3.8) is 0 Å². The minimum absolute atomic E-state index is 0.0697. The number of amides is 1. The second kappa shape index (κ2) is 10.2. The van der Waals surface area contributed by atoms with Crippen LogP contribution < -0.4 is 20.7 Å². The van der Waals surface area contributed by atoms with Crippen molar-refractivity contribution in [1.29, 1.82) is 0 Å². The largest absolute Gasteiger partial charge is 0.469 e. The van der Waals surface area contributed by atoms with Crippen LogP contribution in [-0.4, -0.2) is 50.7 Å². The number of anilines is 1. The number of nitrogens with one attached hydrogen (secondary N) is 3. The van der Waals surface area contributed by atoms with Crippen LogP contribution in [0, 0.1) is 11.8 Å². The van der Waals surface area contributed by atoms with Crippen LogP contribution in [0.4, 0.5) is 5.69 Å². The van der Waals surface area contributed by atoms with Crippen molar-refractivity contribution < 1.29 is 28.6 Å². The monoisotopic (exact) mass is 585 g/mol.